The normalized spacial score (nSPS) is 11.4. The summed E-state index contributed by atoms with van der Waals surface area (Å²) in [5, 5.41) is 1.88. The van der Waals surface area contributed by atoms with Crippen LogP contribution in [0.2, 0.25) is 0 Å². The molecule has 0 radical (unpaired) electrons. The molecule has 338 valence electrons. The third-order valence-electron chi connectivity index (χ3n) is 12.1. The molecule has 0 N–H and O–H groups in total. The standard InChI is InChI=1S/C58H41N13/c1-34-59-35(2)62-55(61-34)42-28-30-48-46(32-42)47-33-43(56-63-36(3)60-37(4)64-56)29-31-49(47)71(48)50-44(57-67-51(38-18-9-5-10-19-38)65-52(68-57)39-20-11-6-12-21-39)26-17-27-45(50)58-69-53(40-22-13-7-14-23-40)66-54(70-58)41-24-15-8-16-25-41/h5-33H,1-4H3. The van der Waals surface area contributed by atoms with Gasteiger partial charge >= 0.3 is 0 Å². The van der Waals surface area contributed by atoms with Crippen LogP contribution >= 0.6 is 0 Å². The van der Waals surface area contributed by atoms with Gasteiger partial charge < -0.3 is 4.57 Å². The van der Waals surface area contributed by atoms with Gasteiger partial charge in [0, 0.05) is 55.3 Å². The summed E-state index contributed by atoms with van der Waals surface area (Å²) in [6, 6.07) is 58.7. The van der Waals surface area contributed by atoms with Crippen LogP contribution in [0.15, 0.2) is 176 Å². The maximum Gasteiger partial charge on any atom is 0.166 e. The van der Waals surface area contributed by atoms with Crippen LogP contribution in [-0.2, 0) is 0 Å². The minimum atomic E-state index is 0.464. The molecule has 0 saturated heterocycles. The van der Waals surface area contributed by atoms with Gasteiger partial charge in [-0.25, -0.2) is 59.8 Å². The van der Waals surface area contributed by atoms with E-state index >= 15 is 0 Å². The van der Waals surface area contributed by atoms with Crippen LogP contribution in [-0.4, -0.2) is 64.4 Å². The fraction of sp³-hybridized carbons (Fsp3) is 0.0690. The summed E-state index contributed by atoms with van der Waals surface area (Å²) in [4.78, 5) is 59.4. The van der Waals surface area contributed by atoms with Crippen LogP contribution in [0.1, 0.15) is 23.3 Å². The van der Waals surface area contributed by atoms with E-state index in [9.17, 15) is 0 Å². The Balaban J connectivity index is 1.21. The van der Waals surface area contributed by atoms with Crippen molar-refractivity contribution in [3.63, 3.8) is 0 Å². The van der Waals surface area contributed by atoms with E-state index in [0.29, 0.717) is 69.9 Å². The average molecular weight is 920 g/mol. The molecular weight excluding hydrogens is 879 g/mol. The molecule has 12 aromatic rings. The van der Waals surface area contributed by atoms with Crippen molar-refractivity contribution < 1.29 is 0 Å². The topological polar surface area (TPSA) is 160 Å². The Morgan fingerprint density at radius 3 is 0.873 bits per heavy atom. The zero-order valence-corrected chi connectivity index (χ0v) is 39.1. The van der Waals surface area contributed by atoms with Gasteiger partial charge in [0.15, 0.2) is 46.6 Å². The first-order chi connectivity index (χ1) is 34.8. The predicted molar refractivity (Wildman–Crippen MR) is 277 cm³/mol. The molecule has 0 unspecified atom stereocenters. The van der Waals surface area contributed by atoms with Gasteiger partial charge in [0.25, 0.3) is 0 Å². The lowest BCUT2D eigenvalue weighted by Crippen LogP contribution is -2.07. The second-order valence-electron chi connectivity index (χ2n) is 17.1. The summed E-state index contributed by atoms with van der Waals surface area (Å²) in [7, 11) is 0. The summed E-state index contributed by atoms with van der Waals surface area (Å²) in [5.74, 6) is 6.78. The lowest BCUT2D eigenvalue weighted by atomic mass is 10.0. The molecule has 0 aliphatic heterocycles. The molecule has 0 aliphatic rings. The first-order valence-electron chi connectivity index (χ1n) is 23.2. The number of hydrogen-bond acceptors (Lipinski definition) is 12. The summed E-state index contributed by atoms with van der Waals surface area (Å²) < 4.78 is 2.26. The lowest BCUT2D eigenvalue weighted by molar-refractivity contribution is 0.928. The first-order valence-corrected chi connectivity index (χ1v) is 23.2. The van der Waals surface area contributed by atoms with Crippen LogP contribution in [0.5, 0.6) is 0 Å². The largest absolute Gasteiger partial charge is 0.308 e. The van der Waals surface area contributed by atoms with E-state index in [0.717, 1.165) is 72.0 Å². The van der Waals surface area contributed by atoms with Gasteiger partial charge in [-0.15, -0.1) is 0 Å². The molecule has 0 amide bonds. The van der Waals surface area contributed by atoms with E-state index < -0.39 is 0 Å². The molecule has 12 rings (SSSR count). The van der Waals surface area contributed by atoms with E-state index in [4.69, 9.17) is 49.8 Å². The van der Waals surface area contributed by atoms with Crippen molar-refractivity contribution in [3.8, 4) is 96.8 Å². The van der Waals surface area contributed by atoms with Crippen molar-refractivity contribution in [2.75, 3.05) is 0 Å². The van der Waals surface area contributed by atoms with Crippen LogP contribution in [0.25, 0.3) is 119 Å². The maximum atomic E-state index is 5.30. The number of hydrogen-bond donors (Lipinski definition) is 0. The van der Waals surface area contributed by atoms with Crippen LogP contribution < -0.4 is 0 Å². The van der Waals surface area contributed by atoms with Gasteiger partial charge in [0.05, 0.1) is 16.7 Å². The third-order valence-corrected chi connectivity index (χ3v) is 12.1. The fourth-order valence-corrected chi connectivity index (χ4v) is 9.04. The molecule has 0 atom stereocenters. The van der Waals surface area contributed by atoms with E-state index in [1.54, 1.807) is 0 Å². The molecule has 7 aromatic carbocycles. The van der Waals surface area contributed by atoms with Crippen LogP contribution in [0.4, 0.5) is 0 Å². The van der Waals surface area contributed by atoms with E-state index in [1.807, 2.05) is 155 Å². The highest BCUT2D eigenvalue weighted by Crippen LogP contribution is 2.43. The quantitative estimate of drug-likeness (QED) is 0.135. The van der Waals surface area contributed by atoms with Crippen molar-refractivity contribution in [3.05, 3.63) is 199 Å². The van der Waals surface area contributed by atoms with E-state index in [1.165, 1.54) is 0 Å². The van der Waals surface area contributed by atoms with Crippen molar-refractivity contribution in [2.24, 2.45) is 0 Å². The Morgan fingerprint density at radius 2 is 0.549 bits per heavy atom. The average Bonchev–Trinajstić information content (AvgIpc) is 3.73. The second kappa shape index (κ2) is 17.8. The van der Waals surface area contributed by atoms with Crippen LogP contribution in [0.3, 0.4) is 0 Å². The number of benzene rings is 7. The molecule has 13 heteroatoms. The van der Waals surface area contributed by atoms with Crippen molar-refractivity contribution in [1.29, 1.82) is 0 Å². The molecule has 0 spiro atoms. The van der Waals surface area contributed by atoms with Crippen molar-refractivity contribution >= 4 is 21.8 Å². The van der Waals surface area contributed by atoms with Gasteiger partial charge in [-0.05, 0) is 76.2 Å². The minimum absolute atomic E-state index is 0.464. The highest BCUT2D eigenvalue weighted by Gasteiger charge is 2.26. The molecule has 0 saturated carbocycles. The Morgan fingerprint density at radius 1 is 0.254 bits per heavy atom. The SMILES string of the molecule is Cc1nc(C)nc(-c2ccc3c(c2)c2cc(-c4nc(C)nc(C)n4)ccc2n3-c2c(-c3nc(-c4ccccc4)nc(-c4ccccc4)n3)cccc2-c2nc(-c3ccccc3)nc(-c3ccccc3)n2)n1. The Kier molecular flexibility index (Phi) is 10.7. The third kappa shape index (κ3) is 8.20. The van der Waals surface area contributed by atoms with Gasteiger partial charge in [0.1, 0.15) is 23.3 Å². The molecule has 71 heavy (non-hydrogen) atoms. The highest BCUT2D eigenvalue weighted by atomic mass is 15.1. The summed E-state index contributed by atoms with van der Waals surface area (Å²) >= 11 is 0. The number of aromatic nitrogens is 13. The molecule has 0 bridgehead atoms. The Labute approximate surface area is 408 Å². The zero-order valence-electron chi connectivity index (χ0n) is 39.1. The van der Waals surface area contributed by atoms with Crippen LogP contribution in [0, 0.1) is 27.7 Å². The second-order valence-corrected chi connectivity index (χ2v) is 17.1. The smallest absolute Gasteiger partial charge is 0.166 e. The minimum Gasteiger partial charge on any atom is -0.308 e. The zero-order chi connectivity index (χ0) is 48.0. The van der Waals surface area contributed by atoms with Crippen molar-refractivity contribution in [2.45, 2.75) is 27.7 Å². The fourth-order valence-electron chi connectivity index (χ4n) is 9.04. The lowest BCUT2D eigenvalue weighted by Gasteiger charge is -2.19. The number of aryl methyl sites for hydroxylation is 4. The van der Waals surface area contributed by atoms with E-state index in [-0.39, 0.29) is 0 Å². The number of nitrogens with zero attached hydrogens (tertiary/aromatic N) is 13. The van der Waals surface area contributed by atoms with E-state index in [2.05, 4.69) is 63.1 Å². The Bertz CT molecular complexity index is 3570. The predicted octanol–water partition coefficient (Wildman–Crippen LogP) is 12.1. The summed E-state index contributed by atoms with van der Waals surface area (Å²) in [5.41, 5.74) is 9.07. The molecule has 0 fully saturated rings. The summed E-state index contributed by atoms with van der Waals surface area (Å²) in [6.45, 7) is 7.53. The molecule has 5 aromatic heterocycles. The number of fused-ring (bicyclic) bond motifs is 3. The number of para-hydroxylation sites is 1. The van der Waals surface area contributed by atoms with Gasteiger partial charge in [0.2, 0.25) is 0 Å². The van der Waals surface area contributed by atoms with Gasteiger partial charge in [-0.1, -0.05) is 127 Å². The monoisotopic (exact) mass is 919 g/mol. The molecule has 5 heterocycles. The molecule has 13 nitrogen and oxygen atoms in total. The Hall–Kier alpha value is -9.62. The highest BCUT2D eigenvalue weighted by molar-refractivity contribution is 6.12. The summed E-state index contributed by atoms with van der Waals surface area (Å²) in [6.07, 6.45) is 0. The van der Waals surface area contributed by atoms with Crippen molar-refractivity contribution in [1.82, 2.24) is 64.4 Å². The first kappa shape index (κ1) is 42.7. The number of rotatable bonds is 9. The van der Waals surface area contributed by atoms with Gasteiger partial charge in [-0.2, -0.15) is 0 Å². The van der Waals surface area contributed by atoms with Gasteiger partial charge in [-0.3, -0.25) is 0 Å². The molecular formula is C58H41N13. The maximum absolute atomic E-state index is 5.30. The molecule has 0 aliphatic carbocycles.